The van der Waals surface area contributed by atoms with Gasteiger partial charge in [0, 0.05) is 6.42 Å². The van der Waals surface area contributed by atoms with Gasteiger partial charge in [-0.3, -0.25) is 0 Å². The minimum absolute atomic E-state index is 0.146. The zero-order valence-corrected chi connectivity index (χ0v) is 13.1. The lowest BCUT2D eigenvalue weighted by Crippen LogP contribution is -2.19. The van der Waals surface area contributed by atoms with Crippen LogP contribution in [-0.4, -0.2) is 6.10 Å². The van der Waals surface area contributed by atoms with Crippen molar-refractivity contribution in [1.29, 1.82) is 0 Å². The van der Waals surface area contributed by atoms with E-state index in [-0.39, 0.29) is 10.9 Å². The van der Waals surface area contributed by atoms with E-state index in [0.717, 1.165) is 12.2 Å². The molecule has 0 saturated carbocycles. The van der Waals surface area contributed by atoms with E-state index >= 15 is 0 Å². The highest BCUT2D eigenvalue weighted by atomic mass is 79.9. The zero-order valence-electron chi connectivity index (χ0n) is 11.5. The van der Waals surface area contributed by atoms with Crippen LogP contribution in [0.2, 0.25) is 0 Å². The molecule has 1 aliphatic rings. The molecule has 3 aromatic rings. The van der Waals surface area contributed by atoms with Gasteiger partial charge in [-0.05, 0) is 28.0 Å². The standard InChI is InChI=1S/C19H15BrO/c20-19(18-12-14-7-2-4-11-17(14)21-18)16-10-5-8-13-6-1-3-9-15(13)16/h1-11,18-19H,12H2. The van der Waals surface area contributed by atoms with E-state index in [1.54, 1.807) is 0 Å². The van der Waals surface area contributed by atoms with Crippen molar-refractivity contribution in [2.75, 3.05) is 0 Å². The van der Waals surface area contributed by atoms with Crippen LogP contribution in [0.1, 0.15) is 16.0 Å². The predicted molar refractivity (Wildman–Crippen MR) is 90.2 cm³/mol. The van der Waals surface area contributed by atoms with E-state index in [1.165, 1.54) is 21.9 Å². The van der Waals surface area contributed by atoms with Crippen LogP contribution in [0.3, 0.4) is 0 Å². The highest BCUT2D eigenvalue weighted by Crippen LogP contribution is 2.40. The van der Waals surface area contributed by atoms with Gasteiger partial charge in [0.05, 0.1) is 4.83 Å². The molecular weight excluding hydrogens is 324 g/mol. The van der Waals surface area contributed by atoms with Crippen LogP contribution in [-0.2, 0) is 6.42 Å². The van der Waals surface area contributed by atoms with Crippen molar-refractivity contribution in [2.24, 2.45) is 0 Å². The normalized spacial score (nSPS) is 18.2. The lowest BCUT2D eigenvalue weighted by Gasteiger charge is -2.19. The van der Waals surface area contributed by atoms with Crippen molar-refractivity contribution < 1.29 is 4.74 Å². The monoisotopic (exact) mass is 338 g/mol. The fraction of sp³-hybridized carbons (Fsp3) is 0.158. The lowest BCUT2D eigenvalue weighted by atomic mass is 9.98. The molecule has 1 heterocycles. The van der Waals surface area contributed by atoms with Crippen molar-refractivity contribution in [3.8, 4) is 5.75 Å². The van der Waals surface area contributed by atoms with E-state index in [9.17, 15) is 0 Å². The summed E-state index contributed by atoms with van der Waals surface area (Å²) in [5.41, 5.74) is 2.60. The minimum Gasteiger partial charge on any atom is -0.488 e. The molecule has 0 fully saturated rings. The first kappa shape index (κ1) is 12.9. The summed E-state index contributed by atoms with van der Waals surface area (Å²) >= 11 is 3.87. The Labute approximate surface area is 132 Å². The molecule has 0 aromatic heterocycles. The highest BCUT2D eigenvalue weighted by molar-refractivity contribution is 9.09. The van der Waals surface area contributed by atoms with Crippen LogP contribution in [0.4, 0.5) is 0 Å². The van der Waals surface area contributed by atoms with E-state index in [1.807, 2.05) is 6.07 Å². The third kappa shape index (κ3) is 2.24. The van der Waals surface area contributed by atoms with Crippen molar-refractivity contribution in [1.82, 2.24) is 0 Å². The van der Waals surface area contributed by atoms with Crippen molar-refractivity contribution in [2.45, 2.75) is 17.4 Å². The van der Waals surface area contributed by atoms with Crippen molar-refractivity contribution in [3.05, 3.63) is 77.9 Å². The minimum atomic E-state index is 0.146. The number of alkyl halides is 1. The van der Waals surface area contributed by atoms with Gasteiger partial charge in [0.2, 0.25) is 0 Å². The Kier molecular flexibility index (Phi) is 3.19. The van der Waals surface area contributed by atoms with Crippen LogP contribution in [0.5, 0.6) is 5.75 Å². The second-order valence-corrected chi connectivity index (χ2v) is 6.42. The average Bonchev–Trinajstić information content (AvgIpc) is 2.97. The molecule has 1 nitrogen and oxygen atoms in total. The molecule has 4 rings (SSSR count). The number of hydrogen-bond donors (Lipinski definition) is 0. The van der Waals surface area contributed by atoms with Crippen molar-refractivity contribution >= 4 is 26.7 Å². The van der Waals surface area contributed by atoms with Gasteiger partial charge in [0.25, 0.3) is 0 Å². The summed E-state index contributed by atoms with van der Waals surface area (Å²) in [6.07, 6.45) is 1.10. The average molecular weight is 339 g/mol. The van der Waals surface area contributed by atoms with E-state index in [0.29, 0.717) is 0 Å². The van der Waals surface area contributed by atoms with Gasteiger partial charge in [0.15, 0.2) is 0 Å². The Bertz CT molecular complexity index is 766. The number of hydrogen-bond acceptors (Lipinski definition) is 1. The van der Waals surface area contributed by atoms with E-state index < -0.39 is 0 Å². The molecule has 0 N–H and O–H groups in total. The Morgan fingerprint density at radius 2 is 1.67 bits per heavy atom. The number of benzene rings is 3. The summed E-state index contributed by atoms with van der Waals surface area (Å²) in [6.45, 7) is 0. The quantitative estimate of drug-likeness (QED) is 0.577. The van der Waals surface area contributed by atoms with Crippen LogP contribution in [0.15, 0.2) is 66.7 Å². The van der Waals surface area contributed by atoms with Crippen LogP contribution in [0.25, 0.3) is 10.8 Å². The molecule has 2 atom stereocenters. The van der Waals surface area contributed by atoms with Gasteiger partial charge in [-0.25, -0.2) is 0 Å². The molecule has 3 aromatic carbocycles. The molecule has 104 valence electrons. The zero-order chi connectivity index (χ0) is 14.2. The SMILES string of the molecule is BrC(c1cccc2ccccc12)C1Cc2ccccc2O1. The molecule has 2 unspecified atom stereocenters. The third-order valence-corrected chi connectivity index (χ3v) is 5.20. The maximum atomic E-state index is 6.13. The first-order valence-corrected chi connectivity index (χ1v) is 8.11. The summed E-state index contributed by atoms with van der Waals surface area (Å²) < 4.78 is 6.13. The fourth-order valence-electron chi connectivity index (χ4n) is 3.06. The van der Waals surface area contributed by atoms with Gasteiger partial charge in [0.1, 0.15) is 11.9 Å². The number of fused-ring (bicyclic) bond motifs is 2. The Morgan fingerprint density at radius 1 is 0.905 bits per heavy atom. The number of halogens is 1. The molecule has 2 heteroatoms. The maximum absolute atomic E-state index is 6.13. The van der Waals surface area contributed by atoms with E-state index in [4.69, 9.17) is 4.74 Å². The van der Waals surface area contributed by atoms with Crippen LogP contribution >= 0.6 is 15.9 Å². The number of ether oxygens (including phenoxy) is 1. The molecule has 21 heavy (non-hydrogen) atoms. The van der Waals surface area contributed by atoms with Gasteiger partial charge >= 0.3 is 0 Å². The number of para-hydroxylation sites is 1. The van der Waals surface area contributed by atoms with Crippen LogP contribution < -0.4 is 4.74 Å². The number of rotatable bonds is 2. The predicted octanol–water partition coefficient (Wildman–Crippen LogP) is 5.28. The first-order chi connectivity index (χ1) is 10.3. The second kappa shape index (κ2) is 5.19. The molecule has 0 amide bonds. The van der Waals surface area contributed by atoms with Gasteiger partial charge in [-0.2, -0.15) is 0 Å². The Balaban J connectivity index is 1.71. The van der Waals surface area contributed by atoms with Crippen LogP contribution in [0, 0.1) is 0 Å². The highest BCUT2D eigenvalue weighted by Gasteiger charge is 2.30. The molecular formula is C19H15BrO. The third-order valence-electron chi connectivity index (χ3n) is 4.12. The molecule has 0 bridgehead atoms. The Hall–Kier alpha value is -1.80. The summed E-state index contributed by atoms with van der Waals surface area (Å²) in [5.74, 6) is 1.02. The molecule has 0 aliphatic carbocycles. The van der Waals surface area contributed by atoms with E-state index in [2.05, 4.69) is 76.6 Å². The fourth-order valence-corrected chi connectivity index (χ4v) is 3.76. The summed E-state index contributed by atoms with van der Waals surface area (Å²) in [4.78, 5) is 0.191. The van der Waals surface area contributed by atoms with Gasteiger partial charge in [-0.1, -0.05) is 76.6 Å². The Morgan fingerprint density at radius 3 is 2.57 bits per heavy atom. The van der Waals surface area contributed by atoms with Crippen molar-refractivity contribution in [3.63, 3.8) is 0 Å². The molecule has 1 aliphatic heterocycles. The van der Waals surface area contributed by atoms with Gasteiger partial charge < -0.3 is 4.74 Å². The molecule has 0 spiro atoms. The summed E-state index contributed by atoms with van der Waals surface area (Å²) in [7, 11) is 0. The largest absolute Gasteiger partial charge is 0.488 e. The molecule has 0 saturated heterocycles. The second-order valence-electron chi connectivity index (χ2n) is 5.44. The summed E-state index contributed by atoms with van der Waals surface area (Å²) in [6, 6.07) is 23.3. The smallest absolute Gasteiger partial charge is 0.123 e. The molecule has 0 radical (unpaired) electrons. The lowest BCUT2D eigenvalue weighted by molar-refractivity contribution is 0.232. The maximum Gasteiger partial charge on any atom is 0.123 e. The van der Waals surface area contributed by atoms with Gasteiger partial charge in [-0.15, -0.1) is 0 Å². The summed E-state index contributed by atoms with van der Waals surface area (Å²) in [5, 5.41) is 2.57. The topological polar surface area (TPSA) is 9.23 Å². The first-order valence-electron chi connectivity index (χ1n) is 7.19.